The van der Waals surface area contributed by atoms with Crippen LogP contribution in [0.15, 0.2) is 48.5 Å². The number of nitrogens with two attached hydrogens (primary N) is 1. The van der Waals surface area contributed by atoms with Crippen LogP contribution in [-0.2, 0) is 14.3 Å². The fourth-order valence-corrected chi connectivity index (χ4v) is 4.75. The lowest BCUT2D eigenvalue weighted by Crippen LogP contribution is -2.55. The van der Waals surface area contributed by atoms with Gasteiger partial charge in [0.15, 0.2) is 0 Å². The van der Waals surface area contributed by atoms with Crippen LogP contribution >= 0.6 is 0 Å². The van der Waals surface area contributed by atoms with Crippen LogP contribution in [0, 0.1) is 5.92 Å². The van der Waals surface area contributed by atoms with Crippen LogP contribution in [0.1, 0.15) is 50.7 Å². The largest absolute Gasteiger partial charge is 0.460 e. The maximum Gasteiger partial charge on any atom is 0.411 e. The number of benzene rings is 2. The fraction of sp³-hybridized carbons (Fsp3) is 0.462. The molecule has 1 saturated heterocycles. The molecule has 4 rings (SSSR count). The Morgan fingerprint density at radius 2 is 1.64 bits per heavy atom. The maximum absolute atomic E-state index is 13.0. The number of nitrogens with zero attached hydrogens (tertiary/aromatic N) is 1. The number of likely N-dealkylation sites (tertiary alicyclic amines) is 1. The molecule has 7 nitrogen and oxygen atoms in total. The van der Waals surface area contributed by atoms with Crippen LogP contribution in [0.2, 0.25) is 0 Å². The molecule has 7 heteroatoms. The van der Waals surface area contributed by atoms with Crippen LogP contribution in [0.5, 0.6) is 0 Å². The average Bonchev–Trinajstić information content (AvgIpc) is 3.00. The van der Waals surface area contributed by atoms with Crippen molar-refractivity contribution in [3.05, 3.63) is 59.7 Å². The number of amides is 1. The predicted octanol–water partition coefficient (Wildman–Crippen LogP) is 3.63. The molecule has 2 aromatic carbocycles. The van der Waals surface area contributed by atoms with Crippen molar-refractivity contribution < 1.29 is 24.2 Å². The average molecular weight is 453 g/mol. The van der Waals surface area contributed by atoms with Crippen LogP contribution in [0.3, 0.4) is 0 Å². The Labute approximate surface area is 194 Å². The van der Waals surface area contributed by atoms with E-state index in [9.17, 15) is 14.7 Å². The zero-order chi connectivity index (χ0) is 23.8. The van der Waals surface area contributed by atoms with Gasteiger partial charge >= 0.3 is 12.1 Å². The van der Waals surface area contributed by atoms with Crippen molar-refractivity contribution in [2.75, 3.05) is 13.2 Å². The summed E-state index contributed by atoms with van der Waals surface area (Å²) >= 11 is 0. The van der Waals surface area contributed by atoms with Gasteiger partial charge in [-0.15, -0.1) is 0 Å². The lowest BCUT2D eigenvalue weighted by molar-refractivity contribution is -0.165. The van der Waals surface area contributed by atoms with E-state index >= 15 is 0 Å². The first kappa shape index (κ1) is 23.3. The Morgan fingerprint density at radius 1 is 1.06 bits per heavy atom. The quantitative estimate of drug-likeness (QED) is 0.690. The first-order valence-electron chi connectivity index (χ1n) is 11.5. The van der Waals surface area contributed by atoms with Gasteiger partial charge < -0.3 is 20.3 Å². The maximum atomic E-state index is 13.0. The van der Waals surface area contributed by atoms with Crippen LogP contribution in [0.25, 0.3) is 11.1 Å². The van der Waals surface area contributed by atoms with Gasteiger partial charge in [-0.05, 0) is 55.9 Å². The lowest BCUT2D eigenvalue weighted by atomic mass is 9.96. The summed E-state index contributed by atoms with van der Waals surface area (Å²) in [6.45, 7) is 5.79. The number of esters is 1. The second-order valence-corrected chi connectivity index (χ2v) is 9.76. The molecule has 0 aromatic heterocycles. The molecule has 1 fully saturated rings. The number of rotatable bonds is 3. The summed E-state index contributed by atoms with van der Waals surface area (Å²) in [7, 11) is 0. The minimum absolute atomic E-state index is 0.0658. The number of aliphatic hydroxyl groups excluding tert-OH is 1. The van der Waals surface area contributed by atoms with Gasteiger partial charge in [0.05, 0.1) is 5.92 Å². The molecular formula is C26H32N2O5. The van der Waals surface area contributed by atoms with Gasteiger partial charge in [0.25, 0.3) is 0 Å². The standard InChI is InChI=1S/C26H32N2O5/c1-26(2,3)33-24(30)20-13-8-14-28(23(27)22(20)29)25(31)32-15-21-18-11-6-4-9-16(18)17-10-5-7-12-19(17)21/h4-7,9-12,20-23,29H,8,13-15,27H2,1-3H3. The monoisotopic (exact) mass is 452 g/mol. The van der Waals surface area contributed by atoms with E-state index in [2.05, 4.69) is 24.3 Å². The van der Waals surface area contributed by atoms with Gasteiger partial charge in [0, 0.05) is 12.5 Å². The number of ether oxygens (including phenoxy) is 2. The minimum atomic E-state index is -1.23. The highest BCUT2D eigenvalue weighted by molar-refractivity contribution is 5.79. The van der Waals surface area contributed by atoms with E-state index in [1.807, 2.05) is 24.3 Å². The fourth-order valence-electron chi connectivity index (χ4n) is 4.75. The van der Waals surface area contributed by atoms with E-state index in [4.69, 9.17) is 15.2 Å². The van der Waals surface area contributed by atoms with Gasteiger partial charge in [-0.3, -0.25) is 9.69 Å². The molecule has 1 aliphatic carbocycles. The molecule has 1 heterocycles. The summed E-state index contributed by atoms with van der Waals surface area (Å²) in [5.74, 6) is -1.35. The molecule has 3 atom stereocenters. The second kappa shape index (κ2) is 9.15. The van der Waals surface area contributed by atoms with Gasteiger partial charge in [-0.1, -0.05) is 48.5 Å². The highest BCUT2D eigenvalue weighted by Crippen LogP contribution is 2.44. The zero-order valence-corrected chi connectivity index (χ0v) is 19.4. The molecule has 3 unspecified atom stereocenters. The molecule has 176 valence electrons. The van der Waals surface area contributed by atoms with Crippen molar-refractivity contribution in [2.24, 2.45) is 11.7 Å². The van der Waals surface area contributed by atoms with E-state index in [0.717, 1.165) is 22.3 Å². The third kappa shape index (κ3) is 4.75. The molecule has 2 aromatic rings. The molecule has 1 aliphatic heterocycles. The number of fused-ring (bicyclic) bond motifs is 3. The molecule has 33 heavy (non-hydrogen) atoms. The van der Waals surface area contributed by atoms with Crippen molar-refractivity contribution in [1.82, 2.24) is 4.90 Å². The Kier molecular flexibility index (Phi) is 6.45. The number of carbonyl (C=O) groups excluding carboxylic acids is 2. The number of aliphatic hydroxyl groups is 1. The first-order chi connectivity index (χ1) is 15.7. The SMILES string of the molecule is CC(C)(C)OC(=O)C1CCCN(C(=O)OCC2c3ccccc3-c3ccccc32)C(N)C1O. The Hall–Kier alpha value is -2.90. The summed E-state index contributed by atoms with van der Waals surface area (Å²) in [5.41, 5.74) is 10.1. The van der Waals surface area contributed by atoms with Gasteiger partial charge in [-0.2, -0.15) is 0 Å². The van der Waals surface area contributed by atoms with Crippen molar-refractivity contribution in [3.8, 4) is 11.1 Å². The van der Waals surface area contributed by atoms with E-state index < -0.39 is 35.9 Å². The van der Waals surface area contributed by atoms with Crippen LogP contribution in [0.4, 0.5) is 4.79 Å². The molecule has 1 amide bonds. The van der Waals surface area contributed by atoms with Crippen molar-refractivity contribution in [1.29, 1.82) is 0 Å². The first-order valence-corrected chi connectivity index (χ1v) is 11.5. The normalized spacial score (nSPS) is 22.8. The Bertz CT molecular complexity index is 986. The number of carbonyl (C=O) groups is 2. The second-order valence-electron chi connectivity index (χ2n) is 9.76. The molecule has 0 spiro atoms. The highest BCUT2D eigenvalue weighted by atomic mass is 16.6. The predicted molar refractivity (Wildman–Crippen MR) is 124 cm³/mol. The molecular weight excluding hydrogens is 420 g/mol. The molecule has 0 bridgehead atoms. The van der Waals surface area contributed by atoms with Crippen molar-refractivity contribution >= 4 is 12.1 Å². The van der Waals surface area contributed by atoms with Gasteiger partial charge in [-0.25, -0.2) is 4.79 Å². The van der Waals surface area contributed by atoms with Crippen LogP contribution < -0.4 is 5.73 Å². The summed E-state index contributed by atoms with van der Waals surface area (Å²) in [4.78, 5) is 26.9. The third-order valence-corrected chi connectivity index (χ3v) is 6.32. The van der Waals surface area contributed by atoms with E-state index in [1.165, 1.54) is 4.90 Å². The van der Waals surface area contributed by atoms with E-state index in [-0.39, 0.29) is 12.5 Å². The summed E-state index contributed by atoms with van der Waals surface area (Å²) in [6.07, 6.45) is -1.98. The smallest absolute Gasteiger partial charge is 0.411 e. The van der Waals surface area contributed by atoms with Crippen LogP contribution in [-0.4, -0.2) is 53.1 Å². The van der Waals surface area contributed by atoms with Gasteiger partial charge in [0.1, 0.15) is 24.5 Å². The lowest BCUT2D eigenvalue weighted by Gasteiger charge is -2.32. The zero-order valence-electron chi connectivity index (χ0n) is 19.4. The summed E-state index contributed by atoms with van der Waals surface area (Å²) < 4.78 is 11.1. The van der Waals surface area contributed by atoms with E-state index in [1.54, 1.807) is 20.8 Å². The third-order valence-electron chi connectivity index (χ3n) is 6.32. The van der Waals surface area contributed by atoms with Crippen molar-refractivity contribution in [3.63, 3.8) is 0 Å². The van der Waals surface area contributed by atoms with Crippen molar-refractivity contribution in [2.45, 2.75) is 57.4 Å². The summed E-state index contributed by atoms with van der Waals surface area (Å²) in [6, 6.07) is 16.2. The Morgan fingerprint density at radius 3 is 2.21 bits per heavy atom. The highest BCUT2D eigenvalue weighted by Gasteiger charge is 2.41. The molecule has 2 aliphatic rings. The summed E-state index contributed by atoms with van der Waals surface area (Å²) in [5, 5.41) is 10.8. The molecule has 0 radical (unpaired) electrons. The van der Waals surface area contributed by atoms with Gasteiger partial charge in [0.2, 0.25) is 0 Å². The molecule has 3 N–H and O–H groups in total. The number of hydrogen-bond acceptors (Lipinski definition) is 6. The topological polar surface area (TPSA) is 102 Å². The minimum Gasteiger partial charge on any atom is -0.460 e. The number of hydrogen-bond donors (Lipinski definition) is 2. The van der Waals surface area contributed by atoms with E-state index in [0.29, 0.717) is 19.4 Å². The Balaban J connectivity index is 1.45. The molecule has 0 saturated carbocycles.